The van der Waals surface area contributed by atoms with Gasteiger partial charge in [-0.2, -0.15) is 0 Å². The molecule has 1 aromatic heterocycles. The lowest BCUT2D eigenvalue weighted by atomic mass is 10.2. The van der Waals surface area contributed by atoms with Crippen molar-refractivity contribution in [2.24, 2.45) is 0 Å². The topological polar surface area (TPSA) is 40.2 Å². The molecule has 0 bridgehead atoms. The summed E-state index contributed by atoms with van der Waals surface area (Å²) >= 11 is 0. The first-order chi connectivity index (χ1) is 9.99. The van der Waals surface area contributed by atoms with Gasteiger partial charge in [-0.1, -0.05) is 13.8 Å². The van der Waals surface area contributed by atoms with Crippen LogP contribution in [-0.4, -0.2) is 42.6 Å². The molecule has 21 heavy (non-hydrogen) atoms. The molecule has 0 aromatic carbocycles. The lowest BCUT2D eigenvalue weighted by Gasteiger charge is -2.23. The average Bonchev–Trinajstić information content (AvgIpc) is 2.47. The van der Waals surface area contributed by atoms with Crippen LogP contribution in [0.2, 0.25) is 0 Å². The molecule has 0 radical (unpaired) electrons. The van der Waals surface area contributed by atoms with Crippen molar-refractivity contribution in [1.82, 2.24) is 9.88 Å². The number of aromatic nitrogens is 1. The number of hydrogen-bond donors (Lipinski definition) is 2. The number of likely N-dealkylation sites (N-methyl/N-ethyl adjacent to an activating group) is 1. The van der Waals surface area contributed by atoms with Crippen molar-refractivity contribution in [2.45, 2.75) is 39.7 Å². The maximum atomic E-state index is 13.7. The Labute approximate surface area is 125 Å². The zero-order valence-electron chi connectivity index (χ0n) is 13.3. The van der Waals surface area contributed by atoms with Gasteiger partial charge in [0.25, 0.3) is 0 Å². The molecular weight excluding hydrogens is 274 g/mol. The fraction of sp³-hybridized carbons (Fsp3) is 0.667. The van der Waals surface area contributed by atoms with E-state index in [1.54, 1.807) is 0 Å². The highest BCUT2D eigenvalue weighted by molar-refractivity contribution is 5.47. The fourth-order valence-corrected chi connectivity index (χ4v) is 1.84. The lowest BCUT2D eigenvalue weighted by Crippen LogP contribution is -2.33. The number of halogens is 2. The summed E-state index contributed by atoms with van der Waals surface area (Å²) < 4.78 is 27.3. The normalized spacial score (nSPS) is 12.5. The highest BCUT2D eigenvalue weighted by Crippen LogP contribution is 2.18. The van der Waals surface area contributed by atoms with Crippen molar-refractivity contribution >= 4 is 11.6 Å². The van der Waals surface area contributed by atoms with Gasteiger partial charge in [0.05, 0.1) is 0 Å². The van der Waals surface area contributed by atoms with Crippen LogP contribution in [0.25, 0.3) is 0 Å². The Morgan fingerprint density at radius 1 is 1.14 bits per heavy atom. The van der Waals surface area contributed by atoms with E-state index < -0.39 is 11.6 Å². The maximum absolute atomic E-state index is 13.7. The first-order valence-electron chi connectivity index (χ1n) is 7.53. The maximum Gasteiger partial charge on any atom is 0.168 e. The minimum absolute atomic E-state index is 0.0903. The molecule has 6 heteroatoms. The molecule has 0 spiro atoms. The van der Waals surface area contributed by atoms with Crippen molar-refractivity contribution in [2.75, 3.05) is 37.3 Å². The second-order valence-electron chi connectivity index (χ2n) is 5.24. The smallest absolute Gasteiger partial charge is 0.168 e. The molecular formula is C15H26F2N4. The van der Waals surface area contributed by atoms with E-state index in [4.69, 9.17) is 0 Å². The van der Waals surface area contributed by atoms with Crippen LogP contribution in [0.15, 0.2) is 6.07 Å². The van der Waals surface area contributed by atoms with Crippen LogP contribution in [0.3, 0.4) is 0 Å². The monoisotopic (exact) mass is 300 g/mol. The summed E-state index contributed by atoms with van der Waals surface area (Å²) in [5.74, 6) is -1.15. The summed E-state index contributed by atoms with van der Waals surface area (Å²) in [5, 5.41) is 5.79. The Kier molecular flexibility index (Phi) is 7.36. The van der Waals surface area contributed by atoms with Gasteiger partial charge in [-0.25, -0.2) is 13.8 Å². The van der Waals surface area contributed by atoms with Crippen LogP contribution in [0, 0.1) is 11.6 Å². The van der Waals surface area contributed by atoms with E-state index in [1.165, 1.54) is 0 Å². The van der Waals surface area contributed by atoms with Crippen molar-refractivity contribution in [3.8, 4) is 0 Å². The molecule has 1 aromatic rings. The molecule has 1 unspecified atom stereocenters. The predicted octanol–water partition coefficient (Wildman–Crippen LogP) is 3.32. The Hall–Kier alpha value is -1.43. The van der Waals surface area contributed by atoms with Crippen LogP contribution >= 0.6 is 0 Å². The molecule has 4 nitrogen and oxygen atoms in total. The number of rotatable bonds is 9. The van der Waals surface area contributed by atoms with E-state index in [0.717, 1.165) is 25.5 Å². The summed E-state index contributed by atoms with van der Waals surface area (Å²) in [7, 11) is 2.03. The van der Waals surface area contributed by atoms with E-state index in [-0.39, 0.29) is 11.6 Å². The van der Waals surface area contributed by atoms with Gasteiger partial charge in [0.1, 0.15) is 0 Å². The minimum Gasteiger partial charge on any atom is -0.368 e. The summed E-state index contributed by atoms with van der Waals surface area (Å²) in [4.78, 5) is 6.17. The van der Waals surface area contributed by atoms with E-state index in [1.807, 2.05) is 14.0 Å². The van der Waals surface area contributed by atoms with Gasteiger partial charge in [-0.05, 0) is 26.8 Å². The Morgan fingerprint density at radius 3 is 2.24 bits per heavy atom. The lowest BCUT2D eigenvalue weighted by molar-refractivity contribution is 0.261. The zero-order valence-corrected chi connectivity index (χ0v) is 13.3. The molecule has 0 saturated heterocycles. The highest BCUT2D eigenvalue weighted by Gasteiger charge is 2.12. The predicted molar refractivity (Wildman–Crippen MR) is 83.8 cm³/mol. The molecule has 0 aliphatic rings. The molecule has 0 amide bonds. The Balaban J connectivity index is 2.61. The summed E-state index contributed by atoms with van der Waals surface area (Å²) in [6.45, 7) is 8.17. The SMILES string of the molecule is CCCNc1nc(NCCN(C)C(C)CC)c(F)cc1F. The fourth-order valence-electron chi connectivity index (χ4n) is 1.84. The summed E-state index contributed by atoms with van der Waals surface area (Å²) in [6, 6.07) is 1.34. The van der Waals surface area contributed by atoms with Crippen LogP contribution in [-0.2, 0) is 0 Å². The van der Waals surface area contributed by atoms with E-state index in [2.05, 4.69) is 34.4 Å². The van der Waals surface area contributed by atoms with Crippen molar-refractivity contribution in [3.05, 3.63) is 17.7 Å². The van der Waals surface area contributed by atoms with Crippen molar-refractivity contribution in [3.63, 3.8) is 0 Å². The summed E-state index contributed by atoms with van der Waals surface area (Å²) in [6.07, 6.45) is 1.91. The molecule has 0 saturated carbocycles. The van der Waals surface area contributed by atoms with Gasteiger partial charge in [-0.15, -0.1) is 0 Å². The zero-order chi connectivity index (χ0) is 15.8. The van der Waals surface area contributed by atoms with E-state index in [9.17, 15) is 8.78 Å². The summed E-state index contributed by atoms with van der Waals surface area (Å²) in [5.41, 5.74) is 0. The van der Waals surface area contributed by atoms with Gasteiger partial charge >= 0.3 is 0 Å². The van der Waals surface area contributed by atoms with Crippen LogP contribution in [0.5, 0.6) is 0 Å². The second-order valence-corrected chi connectivity index (χ2v) is 5.24. The molecule has 120 valence electrons. The average molecular weight is 300 g/mol. The molecule has 0 aliphatic carbocycles. The molecule has 1 heterocycles. The number of hydrogen-bond acceptors (Lipinski definition) is 4. The van der Waals surface area contributed by atoms with Crippen LogP contribution in [0.1, 0.15) is 33.6 Å². The van der Waals surface area contributed by atoms with Crippen molar-refractivity contribution in [1.29, 1.82) is 0 Å². The molecule has 0 fully saturated rings. The van der Waals surface area contributed by atoms with E-state index in [0.29, 0.717) is 19.1 Å². The first-order valence-corrected chi connectivity index (χ1v) is 7.53. The van der Waals surface area contributed by atoms with Gasteiger partial charge in [0.2, 0.25) is 0 Å². The first kappa shape index (κ1) is 17.6. The van der Waals surface area contributed by atoms with Gasteiger partial charge in [0.15, 0.2) is 23.3 Å². The number of nitrogens with zero attached hydrogens (tertiary/aromatic N) is 2. The van der Waals surface area contributed by atoms with Gasteiger partial charge < -0.3 is 15.5 Å². The second kappa shape index (κ2) is 8.77. The number of anilines is 2. The van der Waals surface area contributed by atoms with Gasteiger partial charge in [0, 0.05) is 31.7 Å². The third-order valence-electron chi connectivity index (χ3n) is 3.57. The number of nitrogens with one attached hydrogen (secondary N) is 2. The van der Waals surface area contributed by atoms with Crippen molar-refractivity contribution < 1.29 is 8.78 Å². The van der Waals surface area contributed by atoms with Crippen LogP contribution in [0.4, 0.5) is 20.4 Å². The minimum atomic E-state index is -0.666. The number of pyridine rings is 1. The third-order valence-corrected chi connectivity index (χ3v) is 3.57. The quantitative estimate of drug-likeness (QED) is 0.734. The Morgan fingerprint density at radius 2 is 1.71 bits per heavy atom. The largest absolute Gasteiger partial charge is 0.368 e. The molecule has 0 aliphatic heterocycles. The third kappa shape index (κ3) is 5.46. The van der Waals surface area contributed by atoms with Gasteiger partial charge in [-0.3, -0.25) is 0 Å². The Bertz CT molecular complexity index is 440. The van der Waals surface area contributed by atoms with E-state index >= 15 is 0 Å². The molecule has 1 atom stereocenters. The standard InChI is InChI=1S/C15H26F2N4/c1-5-7-18-14-12(16)10-13(17)15(20-14)19-8-9-21(4)11(3)6-2/h10-11H,5-9H2,1-4H3,(H2,18,19,20). The molecule has 1 rings (SSSR count). The molecule has 2 N–H and O–H groups in total. The van der Waals surface area contributed by atoms with Crippen LogP contribution < -0.4 is 10.6 Å². The highest BCUT2D eigenvalue weighted by atomic mass is 19.1.